The summed E-state index contributed by atoms with van der Waals surface area (Å²) in [5, 5.41) is 17.5. The molecule has 0 bridgehead atoms. The van der Waals surface area contributed by atoms with Gasteiger partial charge in [-0.2, -0.15) is 13.2 Å². The molecule has 4 N–H and O–H groups in total. The van der Waals surface area contributed by atoms with Gasteiger partial charge >= 0.3 is 12.1 Å². The van der Waals surface area contributed by atoms with Gasteiger partial charge in [0, 0.05) is 5.56 Å². The zero-order valence-corrected chi connectivity index (χ0v) is 8.12. The molecule has 1 atom stereocenters. The average Bonchev–Trinajstić information content (AvgIpc) is 2.18. The maximum Gasteiger partial charge on any atom is 0.416 e. The number of rotatable bonds is 2. The largest absolute Gasteiger partial charge is 0.479 e. The van der Waals surface area contributed by atoms with Crippen LogP contribution in [0.15, 0.2) is 12.1 Å². The number of alkyl halides is 3. The highest BCUT2D eigenvalue weighted by Gasteiger charge is 2.37. The topological polar surface area (TPSA) is 83.5 Å². The third-order valence-electron chi connectivity index (χ3n) is 2.00. The van der Waals surface area contributed by atoms with Crippen molar-refractivity contribution < 1.29 is 32.6 Å². The van der Waals surface area contributed by atoms with Crippen molar-refractivity contribution in [1.29, 1.82) is 0 Å². The van der Waals surface area contributed by atoms with Crippen molar-refractivity contribution >= 4 is 11.7 Å². The van der Waals surface area contributed by atoms with Gasteiger partial charge in [0.2, 0.25) is 0 Å². The maximum absolute atomic E-state index is 12.9. The highest BCUT2D eigenvalue weighted by Crippen LogP contribution is 2.36. The molecule has 1 unspecified atom stereocenters. The Hall–Kier alpha value is -1.83. The van der Waals surface area contributed by atoms with E-state index in [2.05, 4.69) is 0 Å². The number of nitrogen functional groups attached to an aromatic ring is 1. The van der Waals surface area contributed by atoms with Crippen LogP contribution in [-0.2, 0) is 11.0 Å². The second kappa shape index (κ2) is 4.21. The van der Waals surface area contributed by atoms with Gasteiger partial charge in [-0.3, -0.25) is 0 Å². The van der Waals surface area contributed by atoms with E-state index in [4.69, 9.17) is 15.9 Å². The molecular weight excluding hydrogens is 246 g/mol. The van der Waals surface area contributed by atoms with Crippen LogP contribution in [0.5, 0.6) is 0 Å². The lowest BCUT2D eigenvalue weighted by Gasteiger charge is -2.16. The summed E-state index contributed by atoms with van der Waals surface area (Å²) in [6.45, 7) is 0. The second-order valence-corrected chi connectivity index (χ2v) is 3.20. The van der Waals surface area contributed by atoms with Crippen LogP contribution in [0.3, 0.4) is 0 Å². The summed E-state index contributed by atoms with van der Waals surface area (Å²) in [5.41, 5.74) is 1.78. The molecule has 0 aliphatic carbocycles. The van der Waals surface area contributed by atoms with Crippen LogP contribution < -0.4 is 5.73 Å². The number of hydrogen-bond acceptors (Lipinski definition) is 3. The summed E-state index contributed by atoms with van der Waals surface area (Å²) < 4.78 is 50.3. The first kappa shape index (κ1) is 13.2. The normalized spacial score (nSPS) is 13.5. The van der Waals surface area contributed by atoms with E-state index in [-0.39, 0.29) is 6.07 Å². The van der Waals surface area contributed by atoms with E-state index in [0.717, 1.165) is 0 Å². The van der Waals surface area contributed by atoms with Crippen molar-refractivity contribution in [3.05, 3.63) is 29.1 Å². The van der Waals surface area contributed by atoms with E-state index in [1.807, 2.05) is 0 Å². The zero-order valence-electron chi connectivity index (χ0n) is 8.12. The summed E-state index contributed by atoms with van der Waals surface area (Å²) >= 11 is 0. The number of carbonyl (C=O) groups is 1. The molecular formula is C9H7F4NO3. The number of anilines is 1. The number of benzene rings is 1. The van der Waals surface area contributed by atoms with Crippen LogP contribution in [0.1, 0.15) is 17.2 Å². The van der Waals surface area contributed by atoms with E-state index in [9.17, 15) is 22.4 Å². The predicted molar refractivity (Wildman–Crippen MR) is 48.4 cm³/mol. The Balaban J connectivity index is 3.46. The molecule has 1 rings (SSSR count). The van der Waals surface area contributed by atoms with E-state index in [1.165, 1.54) is 0 Å². The molecule has 0 radical (unpaired) electrons. The Morgan fingerprint density at radius 2 is 1.88 bits per heavy atom. The van der Waals surface area contributed by atoms with Crippen LogP contribution in [-0.4, -0.2) is 16.2 Å². The van der Waals surface area contributed by atoms with Crippen LogP contribution in [0, 0.1) is 5.82 Å². The lowest BCUT2D eigenvalue weighted by molar-refractivity contribution is -0.149. The Morgan fingerprint density at radius 1 is 1.35 bits per heavy atom. The minimum absolute atomic E-state index is 0.0524. The standard InChI is InChI=1S/C9H7F4NO3/c10-5-2-4(9(11,12)13)3(1-6(5)14)7(15)8(16)17/h1-2,7,15H,14H2,(H,16,17). The molecule has 0 fully saturated rings. The van der Waals surface area contributed by atoms with Gasteiger partial charge in [-0.15, -0.1) is 0 Å². The predicted octanol–water partition coefficient (Wildman–Crippen LogP) is 1.54. The molecule has 1 aromatic carbocycles. The molecule has 0 aliphatic heterocycles. The van der Waals surface area contributed by atoms with Crippen LogP contribution in [0.25, 0.3) is 0 Å². The number of carboxylic acids is 1. The minimum atomic E-state index is -4.99. The van der Waals surface area contributed by atoms with Crippen LogP contribution >= 0.6 is 0 Å². The Morgan fingerprint density at radius 3 is 2.29 bits per heavy atom. The molecule has 8 heteroatoms. The van der Waals surface area contributed by atoms with Gasteiger partial charge in [0.05, 0.1) is 11.3 Å². The monoisotopic (exact) mass is 253 g/mol. The number of aliphatic hydroxyl groups excluding tert-OH is 1. The van der Waals surface area contributed by atoms with Gasteiger partial charge in [-0.25, -0.2) is 9.18 Å². The zero-order chi connectivity index (χ0) is 13.4. The van der Waals surface area contributed by atoms with Crippen molar-refractivity contribution in [3.63, 3.8) is 0 Å². The van der Waals surface area contributed by atoms with Gasteiger partial charge < -0.3 is 15.9 Å². The number of carboxylic acid groups (broad SMARTS) is 1. The first-order chi connectivity index (χ1) is 7.64. The molecule has 17 heavy (non-hydrogen) atoms. The second-order valence-electron chi connectivity index (χ2n) is 3.20. The quantitative estimate of drug-likeness (QED) is 0.551. The van der Waals surface area contributed by atoms with E-state index in [1.54, 1.807) is 0 Å². The third kappa shape index (κ3) is 2.64. The Bertz CT molecular complexity index is 458. The molecule has 0 aliphatic rings. The molecule has 94 valence electrons. The highest BCUT2D eigenvalue weighted by atomic mass is 19.4. The SMILES string of the molecule is Nc1cc(C(O)C(=O)O)c(C(F)(F)F)cc1F. The summed E-state index contributed by atoms with van der Waals surface area (Å²) in [7, 11) is 0. The fraction of sp³-hybridized carbons (Fsp3) is 0.222. The van der Waals surface area contributed by atoms with E-state index >= 15 is 0 Å². The number of aliphatic carboxylic acids is 1. The van der Waals surface area contributed by atoms with Gasteiger partial charge in [0.15, 0.2) is 6.10 Å². The molecule has 0 heterocycles. The molecule has 0 amide bonds. The van der Waals surface area contributed by atoms with Gasteiger partial charge in [0.1, 0.15) is 5.82 Å². The van der Waals surface area contributed by atoms with Crippen molar-refractivity contribution in [1.82, 2.24) is 0 Å². The van der Waals surface area contributed by atoms with E-state index < -0.39 is 40.9 Å². The maximum atomic E-state index is 12.9. The van der Waals surface area contributed by atoms with Gasteiger partial charge in [-0.1, -0.05) is 0 Å². The summed E-state index contributed by atoms with van der Waals surface area (Å²) in [6.07, 6.45) is -7.41. The molecule has 0 aromatic heterocycles. The van der Waals surface area contributed by atoms with E-state index in [0.29, 0.717) is 6.07 Å². The van der Waals surface area contributed by atoms with Crippen molar-refractivity contribution in [2.24, 2.45) is 0 Å². The molecule has 4 nitrogen and oxygen atoms in total. The fourth-order valence-electron chi connectivity index (χ4n) is 1.21. The van der Waals surface area contributed by atoms with Crippen LogP contribution in [0.4, 0.5) is 23.2 Å². The molecule has 0 saturated carbocycles. The third-order valence-corrected chi connectivity index (χ3v) is 2.00. The Labute approximate surface area is 92.3 Å². The first-order valence-corrected chi connectivity index (χ1v) is 4.21. The van der Waals surface area contributed by atoms with Gasteiger partial charge in [-0.05, 0) is 12.1 Å². The van der Waals surface area contributed by atoms with Crippen molar-refractivity contribution in [2.45, 2.75) is 12.3 Å². The number of nitrogens with two attached hydrogens (primary N) is 1. The van der Waals surface area contributed by atoms with Crippen LogP contribution in [0.2, 0.25) is 0 Å². The van der Waals surface area contributed by atoms with Crippen molar-refractivity contribution in [3.8, 4) is 0 Å². The molecule has 1 aromatic rings. The molecule has 0 spiro atoms. The average molecular weight is 253 g/mol. The first-order valence-electron chi connectivity index (χ1n) is 4.21. The highest BCUT2D eigenvalue weighted by molar-refractivity contribution is 5.75. The smallest absolute Gasteiger partial charge is 0.416 e. The number of aliphatic hydroxyl groups is 1. The number of hydrogen-bond donors (Lipinski definition) is 3. The van der Waals surface area contributed by atoms with Gasteiger partial charge in [0.25, 0.3) is 0 Å². The fourth-order valence-corrected chi connectivity index (χ4v) is 1.21. The molecule has 0 saturated heterocycles. The minimum Gasteiger partial charge on any atom is -0.479 e. The summed E-state index contributed by atoms with van der Waals surface area (Å²) in [4.78, 5) is 10.4. The summed E-state index contributed by atoms with van der Waals surface area (Å²) in [6, 6.07) is 0.508. The lowest BCUT2D eigenvalue weighted by atomic mass is 10.0. The van der Waals surface area contributed by atoms with Crippen molar-refractivity contribution in [2.75, 3.05) is 5.73 Å². The summed E-state index contributed by atoms with van der Waals surface area (Å²) in [5.74, 6) is -3.22. The Kier molecular flexibility index (Phi) is 3.28. The lowest BCUT2D eigenvalue weighted by Crippen LogP contribution is -2.18. The number of halogens is 4.